The van der Waals surface area contributed by atoms with Crippen LogP contribution in [0.3, 0.4) is 0 Å². The summed E-state index contributed by atoms with van der Waals surface area (Å²) in [5.41, 5.74) is 4.71. The second-order valence-electron chi connectivity index (χ2n) is 26.5. The highest BCUT2D eigenvalue weighted by molar-refractivity contribution is 7.14. The van der Waals surface area contributed by atoms with E-state index in [1.54, 1.807) is 24.3 Å². The number of aryl methyl sites for hydroxylation is 4. The minimum atomic E-state index is -3.36. The van der Waals surface area contributed by atoms with E-state index >= 15 is 0 Å². The molecule has 2 aromatic heterocycles. The molecule has 2 saturated carbocycles. The Labute approximate surface area is 595 Å². The number of ether oxygens (including phenoxy) is 2. The number of thiophene rings is 2. The van der Waals surface area contributed by atoms with Gasteiger partial charge in [0.05, 0.1) is 20.3 Å². The van der Waals surface area contributed by atoms with Crippen LogP contribution in [0.4, 0.5) is 17.6 Å². The van der Waals surface area contributed by atoms with Gasteiger partial charge >= 0.3 is 38.5 Å². The number of carbonyl (C=O) groups is 5. The lowest BCUT2D eigenvalue weighted by molar-refractivity contribution is -0.141. The number of fused-ring (bicyclic) bond motifs is 2. The maximum absolute atomic E-state index is 14.2. The lowest BCUT2D eigenvalue weighted by Gasteiger charge is -2.36. The lowest BCUT2D eigenvalue weighted by Crippen LogP contribution is -2.41. The highest BCUT2D eigenvalue weighted by atomic mass is 32.1. The molecule has 5 heterocycles. The third-order valence-corrected chi connectivity index (χ3v) is 21.9. The summed E-state index contributed by atoms with van der Waals surface area (Å²) in [4.78, 5) is 65.9. The van der Waals surface area contributed by atoms with Gasteiger partial charge in [-0.25, -0.2) is 9.59 Å². The molecule has 4 fully saturated rings. The van der Waals surface area contributed by atoms with Gasteiger partial charge in [0.1, 0.15) is 26.9 Å². The molecule has 2 aliphatic carbocycles. The summed E-state index contributed by atoms with van der Waals surface area (Å²) in [5.74, 6) is -11.0. The Hall–Kier alpha value is -7.74. The summed E-state index contributed by atoms with van der Waals surface area (Å²) in [6, 6.07) is 56.6. The minimum absolute atomic E-state index is 0.00568. The first-order valence-electron chi connectivity index (χ1n) is 34.8. The maximum Gasteiger partial charge on any atom is 0.658 e. The molecule has 2 unspecified atom stereocenters. The predicted octanol–water partition coefficient (Wildman–Crippen LogP) is 17.3. The van der Waals surface area contributed by atoms with Crippen LogP contribution < -0.4 is 9.31 Å². The van der Waals surface area contributed by atoms with E-state index < -0.39 is 78.0 Å². The molecular formula is C80H90B2F4NO11S2. The van der Waals surface area contributed by atoms with Crippen molar-refractivity contribution < 1.29 is 70.1 Å². The first kappa shape index (κ1) is 76.4. The van der Waals surface area contributed by atoms with Crippen molar-refractivity contribution in [2.45, 2.75) is 153 Å². The number of allylic oxidation sites excluding steroid dienone is 3. The molecule has 0 spiro atoms. The van der Waals surface area contributed by atoms with E-state index in [9.17, 15) is 46.6 Å². The Bertz CT molecular complexity index is 3760. The molecule has 20 heteroatoms. The number of alkyl halides is 4. The predicted molar refractivity (Wildman–Crippen MR) is 386 cm³/mol. The summed E-state index contributed by atoms with van der Waals surface area (Å²) >= 11 is 2.62. The number of aliphatic hydroxyl groups excluding tert-OH is 1. The number of aliphatic hydroxyl groups is 1. The number of ketones is 3. The Morgan fingerprint density at radius 2 is 1.07 bits per heavy atom. The van der Waals surface area contributed by atoms with Gasteiger partial charge in [0.25, 0.3) is 0 Å². The molecule has 1 radical (unpaired) electrons. The van der Waals surface area contributed by atoms with Crippen molar-refractivity contribution >= 4 is 66.7 Å². The van der Waals surface area contributed by atoms with E-state index in [-0.39, 0.29) is 30.3 Å². The zero-order valence-corrected chi connectivity index (χ0v) is 59.2. The van der Waals surface area contributed by atoms with Gasteiger partial charge < -0.3 is 33.4 Å². The fourth-order valence-corrected chi connectivity index (χ4v) is 16.1. The Morgan fingerprint density at radius 3 is 1.55 bits per heavy atom. The molecule has 8 atom stereocenters. The van der Waals surface area contributed by atoms with Crippen LogP contribution in [-0.4, -0.2) is 98.7 Å². The third-order valence-electron chi connectivity index (χ3n) is 19.6. The van der Waals surface area contributed by atoms with E-state index in [0.29, 0.717) is 54.3 Å². The van der Waals surface area contributed by atoms with Gasteiger partial charge in [-0.3, -0.25) is 14.4 Å². The third kappa shape index (κ3) is 20.3. The van der Waals surface area contributed by atoms with Crippen LogP contribution in [0.15, 0.2) is 194 Å². The number of methoxy groups -OCH3 is 2. The van der Waals surface area contributed by atoms with E-state index in [1.165, 1.54) is 91.8 Å². The number of nitrogens with zero attached hydrogens (tertiary/aromatic N) is 1. The van der Waals surface area contributed by atoms with Crippen molar-refractivity contribution in [2.75, 3.05) is 20.8 Å². The topological polar surface area (TPSA) is 155 Å². The summed E-state index contributed by atoms with van der Waals surface area (Å²) in [7, 11) is 4.14. The van der Waals surface area contributed by atoms with Crippen LogP contribution in [0.5, 0.6) is 11.5 Å². The molecule has 12 rings (SSSR count). The molecule has 527 valence electrons. The van der Waals surface area contributed by atoms with Gasteiger partial charge in [-0.2, -0.15) is 17.6 Å². The highest BCUT2D eigenvalue weighted by Crippen LogP contribution is 2.49. The number of halogens is 4. The molecule has 0 bridgehead atoms. The first-order valence-corrected chi connectivity index (χ1v) is 36.5. The molecule has 0 amide bonds. The Balaban J connectivity index is 0.000000168. The van der Waals surface area contributed by atoms with Crippen LogP contribution >= 0.6 is 22.7 Å². The summed E-state index contributed by atoms with van der Waals surface area (Å²) in [6.45, 7) is 7.14. The van der Waals surface area contributed by atoms with E-state index in [0.717, 1.165) is 66.3 Å². The van der Waals surface area contributed by atoms with Crippen molar-refractivity contribution in [3.8, 4) is 11.5 Å². The van der Waals surface area contributed by atoms with Crippen molar-refractivity contribution in [3.05, 3.63) is 236 Å². The first-order chi connectivity index (χ1) is 48.2. The lowest BCUT2D eigenvalue weighted by atomic mass is 9.79. The normalized spacial score (nSPS) is 20.8. The summed E-state index contributed by atoms with van der Waals surface area (Å²) in [6.07, 6.45) is 14.9. The number of rotatable bonds is 26. The van der Waals surface area contributed by atoms with Gasteiger partial charge in [-0.1, -0.05) is 166 Å². The SMILES string of the molecule is CB1OC(c2ccccc2)(c2ccccc2)[C@H]2CCCN12.COC(=O)c1ccc(CCCC2C(=O)C(F)(F)C[C@@H]2/C=C/C(=O)[C@@H](C)CCCc2ccccc2)s1.COC(=O)c1ccc(CCCC2C(=O)C(F)(F)C[C@@H]2/C=C/[C@@H](O)[C@H](C)CCCc2ccccc2)s1.[B]1Oc2ccccc2O1. The average molecular weight is 1400 g/mol. The second-order valence-corrected chi connectivity index (χ2v) is 28.9. The number of carbonyl (C=O) groups excluding carboxylic acids is 5. The van der Waals surface area contributed by atoms with Crippen molar-refractivity contribution in [2.24, 2.45) is 35.5 Å². The number of benzene rings is 5. The van der Waals surface area contributed by atoms with Gasteiger partial charge in [0, 0.05) is 46.4 Å². The molecule has 3 aliphatic heterocycles. The van der Waals surface area contributed by atoms with Crippen LogP contribution in [0.2, 0.25) is 6.82 Å². The molecule has 1 N–H and O–H groups in total. The average Bonchev–Trinajstić information content (AvgIpc) is 1.56. The minimum Gasteiger partial charge on any atom is -0.524 e. The quantitative estimate of drug-likeness (QED) is 0.0180. The number of esters is 2. The van der Waals surface area contributed by atoms with Crippen LogP contribution in [0, 0.1) is 35.5 Å². The maximum atomic E-state index is 14.2. The van der Waals surface area contributed by atoms with E-state index in [2.05, 4.69) is 96.6 Å². The molecule has 7 aromatic rings. The van der Waals surface area contributed by atoms with E-state index in [4.69, 9.17) is 23.4 Å². The van der Waals surface area contributed by atoms with Gasteiger partial charge in [0.15, 0.2) is 5.78 Å². The van der Waals surface area contributed by atoms with Crippen molar-refractivity contribution in [1.82, 2.24) is 4.81 Å². The summed E-state index contributed by atoms with van der Waals surface area (Å²) < 4.78 is 82.8. The van der Waals surface area contributed by atoms with Crippen molar-refractivity contribution in [3.63, 3.8) is 0 Å². The molecule has 5 aromatic carbocycles. The van der Waals surface area contributed by atoms with Crippen LogP contribution in [0.1, 0.15) is 142 Å². The monoisotopic (exact) mass is 1400 g/mol. The zero-order valence-electron chi connectivity index (χ0n) is 57.6. The molecular weight excluding hydrogens is 1310 g/mol. The van der Waals surface area contributed by atoms with Crippen molar-refractivity contribution in [1.29, 1.82) is 0 Å². The largest absolute Gasteiger partial charge is 0.658 e. The standard InChI is InChI=1S/C28H34F2O4S.C28H32F2O4S.C18H20BNO.C6H4BO2/c2*1-19(8-6-11-20-9-4-3-5-10-20)24(31)16-14-21-18-28(29,30)26(32)23(21)13-7-12-22-15-17-25(35-22)27(33)34-2;1-19-20-14-8-13-17(20)18(21-19,15-9-4-2-5-10-15)16-11-6-3-7-12-16;1-2-4-6-5(3-1)8-7-9-6/h3-5,9-10,14-17,19,21,23-24,31H,6-8,11-13,18H2,1-2H3;3-5,9-10,14-17,19,21,23H,6-8,11-13,18H2,1-2H3;2-7,9-12,17H,8,13-14H2,1H3;1-4H/b2*16-14+;;/t19-,21+,23?,24-;19-,21-,23?;17-;/m101./s1. The van der Waals surface area contributed by atoms with Gasteiger partial charge in [-0.15, -0.1) is 22.7 Å². The van der Waals surface area contributed by atoms with Gasteiger partial charge in [0.2, 0.25) is 11.6 Å². The Kier molecular flexibility index (Phi) is 28.1. The second kappa shape index (κ2) is 36.7. The zero-order chi connectivity index (χ0) is 71.2. The Morgan fingerprint density at radius 1 is 0.620 bits per heavy atom. The van der Waals surface area contributed by atoms with E-state index in [1.807, 2.05) is 86.6 Å². The van der Waals surface area contributed by atoms with Gasteiger partial charge in [-0.05, 0) is 186 Å². The molecule has 100 heavy (non-hydrogen) atoms. The number of hydrogen-bond acceptors (Lipinski definition) is 14. The number of Topliss-reactive ketones (excluding diaryl/α,β-unsaturated/α-hetero) is 2. The summed E-state index contributed by atoms with van der Waals surface area (Å²) in [5, 5.41) is 10.6. The molecule has 12 nitrogen and oxygen atoms in total. The number of hydrogen-bond donors (Lipinski definition) is 1. The number of para-hydroxylation sites is 2. The van der Waals surface area contributed by atoms with Crippen LogP contribution in [0.25, 0.3) is 0 Å². The fraction of sp³-hybridized carbons (Fsp3) is 0.412. The molecule has 2 saturated heterocycles. The smallest absolute Gasteiger partial charge is 0.524 e. The highest BCUT2D eigenvalue weighted by Gasteiger charge is 2.57. The fourth-order valence-electron chi connectivity index (χ4n) is 14.1. The molecule has 5 aliphatic rings. The van der Waals surface area contributed by atoms with Crippen LogP contribution in [-0.2, 0) is 59.8 Å².